The fourth-order valence-electron chi connectivity index (χ4n) is 3.61. The fourth-order valence-corrected chi connectivity index (χ4v) is 3.61. The van der Waals surface area contributed by atoms with Gasteiger partial charge in [-0.25, -0.2) is 0 Å². The number of anilines is 1. The van der Waals surface area contributed by atoms with Crippen LogP contribution in [-0.4, -0.2) is 56.0 Å². The van der Waals surface area contributed by atoms with E-state index in [1.807, 2.05) is 12.2 Å². The summed E-state index contributed by atoms with van der Waals surface area (Å²) in [6.07, 6.45) is 4.73. The summed E-state index contributed by atoms with van der Waals surface area (Å²) in [5, 5.41) is 2.59. The number of esters is 1. The summed E-state index contributed by atoms with van der Waals surface area (Å²) >= 11 is 0. The Kier molecular flexibility index (Phi) is 6.71. The van der Waals surface area contributed by atoms with E-state index in [0.717, 1.165) is 4.90 Å². The molecule has 0 spiro atoms. The molecule has 160 valence electrons. The average molecular weight is 416 g/mol. The summed E-state index contributed by atoms with van der Waals surface area (Å²) in [5.41, 5.74) is 0.377. The SMILES string of the molecule is COc1ccc(OC)c(NC(=O)COC(=O)CCN2C(=O)[C@@H]3CC=CC[C@H]3C2=O)c1. The lowest BCUT2D eigenvalue weighted by Crippen LogP contribution is -2.33. The molecule has 3 amide bonds. The molecule has 2 aliphatic rings. The van der Waals surface area contributed by atoms with Gasteiger partial charge in [0, 0.05) is 12.6 Å². The molecule has 9 heteroatoms. The minimum absolute atomic E-state index is 0.0468. The minimum atomic E-state index is -0.670. The molecule has 1 saturated heterocycles. The highest BCUT2D eigenvalue weighted by atomic mass is 16.5. The summed E-state index contributed by atoms with van der Waals surface area (Å²) in [5.74, 6) is -1.42. The van der Waals surface area contributed by atoms with Gasteiger partial charge in [0.05, 0.1) is 38.2 Å². The lowest BCUT2D eigenvalue weighted by atomic mass is 9.85. The Morgan fingerprint density at radius 3 is 2.33 bits per heavy atom. The first-order chi connectivity index (χ1) is 14.4. The molecule has 1 N–H and O–H groups in total. The lowest BCUT2D eigenvalue weighted by Gasteiger charge is -2.14. The first-order valence-electron chi connectivity index (χ1n) is 9.62. The number of nitrogens with zero attached hydrogens (tertiary/aromatic N) is 1. The fraction of sp³-hybridized carbons (Fsp3) is 0.429. The monoisotopic (exact) mass is 416 g/mol. The van der Waals surface area contributed by atoms with E-state index < -0.39 is 18.5 Å². The van der Waals surface area contributed by atoms with Crippen molar-refractivity contribution in [1.29, 1.82) is 0 Å². The maximum absolute atomic E-state index is 12.4. The van der Waals surface area contributed by atoms with Crippen LogP contribution < -0.4 is 14.8 Å². The number of nitrogens with one attached hydrogen (secondary N) is 1. The summed E-state index contributed by atoms with van der Waals surface area (Å²) in [6.45, 7) is -0.551. The molecule has 1 aromatic rings. The summed E-state index contributed by atoms with van der Waals surface area (Å²) in [7, 11) is 2.96. The maximum Gasteiger partial charge on any atom is 0.308 e. The van der Waals surface area contributed by atoms with Crippen LogP contribution in [0.15, 0.2) is 30.4 Å². The minimum Gasteiger partial charge on any atom is -0.497 e. The average Bonchev–Trinajstić information content (AvgIpc) is 3.00. The van der Waals surface area contributed by atoms with Crippen molar-refractivity contribution in [3.05, 3.63) is 30.4 Å². The van der Waals surface area contributed by atoms with Gasteiger partial charge in [-0.1, -0.05) is 12.2 Å². The van der Waals surface area contributed by atoms with Crippen LogP contribution in [0.5, 0.6) is 11.5 Å². The molecule has 0 unspecified atom stereocenters. The van der Waals surface area contributed by atoms with Gasteiger partial charge in [0.25, 0.3) is 5.91 Å². The van der Waals surface area contributed by atoms with Gasteiger partial charge in [0.1, 0.15) is 11.5 Å². The number of carbonyl (C=O) groups excluding carboxylic acids is 4. The molecule has 1 aromatic carbocycles. The second-order valence-electron chi connectivity index (χ2n) is 7.01. The number of rotatable bonds is 8. The number of methoxy groups -OCH3 is 2. The zero-order chi connectivity index (χ0) is 21.7. The Labute approximate surface area is 174 Å². The summed E-state index contributed by atoms with van der Waals surface area (Å²) in [4.78, 5) is 50.0. The van der Waals surface area contributed by atoms with Crippen LogP contribution in [-0.2, 0) is 23.9 Å². The Balaban J connectivity index is 1.46. The number of hydrogen-bond donors (Lipinski definition) is 1. The Hall–Kier alpha value is -3.36. The van der Waals surface area contributed by atoms with E-state index in [2.05, 4.69) is 5.32 Å². The Morgan fingerprint density at radius 1 is 1.07 bits per heavy atom. The van der Waals surface area contributed by atoms with Gasteiger partial charge < -0.3 is 19.5 Å². The normalized spacial score (nSPS) is 20.0. The number of benzene rings is 1. The van der Waals surface area contributed by atoms with Gasteiger partial charge in [-0.3, -0.25) is 24.1 Å². The molecule has 30 heavy (non-hydrogen) atoms. The van der Waals surface area contributed by atoms with Crippen molar-refractivity contribution in [1.82, 2.24) is 4.90 Å². The van der Waals surface area contributed by atoms with Crippen molar-refractivity contribution in [2.45, 2.75) is 19.3 Å². The van der Waals surface area contributed by atoms with Gasteiger partial charge in [0.2, 0.25) is 11.8 Å². The molecule has 1 fully saturated rings. The molecule has 0 bridgehead atoms. The quantitative estimate of drug-likeness (QED) is 0.389. The number of ether oxygens (including phenoxy) is 3. The highest BCUT2D eigenvalue weighted by Gasteiger charge is 2.46. The largest absolute Gasteiger partial charge is 0.497 e. The Morgan fingerprint density at radius 2 is 1.73 bits per heavy atom. The second-order valence-corrected chi connectivity index (χ2v) is 7.01. The first kappa shape index (κ1) is 21.4. The van der Waals surface area contributed by atoms with E-state index in [1.54, 1.807) is 18.2 Å². The molecule has 3 rings (SSSR count). The highest BCUT2D eigenvalue weighted by molar-refractivity contribution is 6.05. The third-order valence-electron chi connectivity index (χ3n) is 5.18. The number of fused-ring (bicyclic) bond motifs is 1. The molecule has 0 aromatic heterocycles. The van der Waals surface area contributed by atoms with Crippen LogP contribution in [0.4, 0.5) is 5.69 Å². The van der Waals surface area contributed by atoms with Crippen molar-refractivity contribution >= 4 is 29.4 Å². The number of amides is 3. The van der Waals surface area contributed by atoms with Crippen molar-refractivity contribution in [2.24, 2.45) is 11.8 Å². The number of hydrogen-bond acceptors (Lipinski definition) is 7. The molecule has 9 nitrogen and oxygen atoms in total. The molecular weight excluding hydrogens is 392 g/mol. The zero-order valence-electron chi connectivity index (χ0n) is 16.9. The summed E-state index contributed by atoms with van der Waals surface area (Å²) in [6, 6.07) is 4.90. The molecule has 2 atom stereocenters. The van der Waals surface area contributed by atoms with Crippen LogP contribution in [0.1, 0.15) is 19.3 Å². The molecule has 0 radical (unpaired) electrons. The van der Waals surface area contributed by atoms with Gasteiger partial charge in [-0.15, -0.1) is 0 Å². The predicted molar refractivity (Wildman–Crippen MR) is 106 cm³/mol. The van der Waals surface area contributed by atoms with Crippen LogP contribution in [0, 0.1) is 11.8 Å². The predicted octanol–water partition coefficient (Wildman–Crippen LogP) is 1.53. The Bertz CT molecular complexity index is 854. The number of allylic oxidation sites excluding steroid dienone is 2. The molecule has 1 heterocycles. The number of likely N-dealkylation sites (tertiary alicyclic amines) is 1. The van der Waals surface area contributed by atoms with Crippen molar-refractivity contribution < 1.29 is 33.4 Å². The zero-order valence-corrected chi connectivity index (χ0v) is 16.9. The summed E-state index contributed by atoms with van der Waals surface area (Å²) < 4.78 is 15.3. The van der Waals surface area contributed by atoms with Gasteiger partial charge in [-0.05, 0) is 25.0 Å². The lowest BCUT2D eigenvalue weighted by molar-refractivity contribution is -0.148. The van der Waals surface area contributed by atoms with Crippen LogP contribution >= 0.6 is 0 Å². The van der Waals surface area contributed by atoms with Crippen molar-refractivity contribution in [3.63, 3.8) is 0 Å². The van der Waals surface area contributed by atoms with E-state index in [1.165, 1.54) is 14.2 Å². The molecule has 1 aliphatic heterocycles. The third-order valence-corrected chi connectivity index (χ3v) is 5.18. The highest BCUT2D eigenvalue weighted by Crippen LogP contribution is 2.35. The van der Waals surface area contributed by atoms with Crippen LogP contribution in [0.3, 0.4) is 0 Å². The van der Waals surface area contributed by atoms with Crippen molar-refractivity contribution in [2.75, 3.05) is 32.7 Å². The van der Waals surface area contributed by atoms with E-state index in [0.29, 0.717) is 30.0 Å². The van der Waals surface area contributed by atoms with Gasteiger partial charge >= 0.3 is 5.97 Å². The molecule has 0 saturated carbocycles. The van der Waals surface area contributed by atoms with E-state index >= 15 is 0 Å². The number of imide groups is 1. The third kappa shape index (κ3) is 4.61. The molecular formula is C21H24N2O7. The smallest absolute Gasteiger partial charge is 0.308 e. The van der Waals surface area contributed by atoms with E-state index in [-0.39, 0.29) is 36.6 Å². The van der Waals surface area contributed by atoms with Crippen LogP contribution in [0.25, 0.3) is 0 Å². The van der Waals surface area contributed by atoms with Crippen LogP contribution in [0.2, 0.25) is 0 Å². The van der Waals surface area contributed by atoms with Gasteiger partial charge in [0.15, 0.2) is 6.61 Å². The maximum atomic E-state index is 12.4. The topological polar surface area (TPSA) is 111 Å². The van der Waals surface area contributed by atoms with E-state index in [9.17, 15) is 19.2 Å². The number of carbonyl (C=O) groups is 4. The standard InChI is InChI=1S/C21H24N2O7/c1-28-13-7-8-17(29-2)16(11-13)22-18(24)12-30-19(25)9-10-23-20(26)14-5-3-4-6-15(14)21(23)27/h3-4,7-8,11,14-15H,5-6,9-10,12H2,1-2H3,(H,22,24)/t14-,15-/m1/s1. The van der Waals surface area contributed by atoms with E-state index in [4.69, 9.17) is 14.2 Å². The first-order valence-corrected chi connectivity index (χ1v) is 9.62. The van der Waals surface area contributed by atoms with Gasteiger partial charge in [-0.2, -0.15) is 0 Å². The molecule has 1 aliphatic carbocycles. The second kappa shape index (κ2) is 9.43. The van der Waals surface area contributed by atoms with Crippen molar-refractivity contribution in [3.8, 4) is 11.5 Å².